The van der Waals surface area contributed by atoms with Gasteiger partial charge >= 0.3 is 0 Å². The molecule has 0 bridgehead atoms. The lowest BCUT2D eigenvalue weighted by Gasteiger charge is -2.08. The molecule has 148 valence electrons. The first-order chi connectivity index (χ1) is 14.2. The summed E-state index contributed by atoms with van der Waals surface area (Å²) in [6.45, 7) is 3.14. The second-order valence-corrected chi connectivity index (χ2v) is 7.66. The Morgan fingerprint density at radius 2 is 2.07 bits per heavy atom. The molecule has 0 aliphatic rings. The van der Waals surface area contributed by atoms with Crippen molar-refractivity contribution in [1.29, 1.82) is 0 Å². The van der Waals surface area contributed by atoms with Gasteiger partial charge in [0.2, 0.25) is 0 Å². The molecule has 1 amide bonds. The van der Waals surface area contributed by atoms with Crippen LogP contribution in [0.25, 0.3) is 32.9 Å². The Morgan fingerprint density at radius 3 is 2.79 bits per heavy atom. The molecule has 3 aromatic heterocycles. The topological polar surface area (TPSA) is 77.2 Å². The summed E-state index contributed by atoms with van der Waals surface area (Å²) in [5, 5.41) is 9.80. The van der Waals surface area contributed by atoms with Gasteiger partial charge in [-0.2, -0.15) is 0 Å². The van der Waals surface area contributed by atoms with Gasteiger partial charge in [-0.1, -0.05) is 41.1 Å². The maximum Gasteiger partial charge on any atom is 0.259 e. The fourth-order valence-electron chi connectivity index (χ4n) is 3.10. The van der Waals surface area contributed by atoms with E-state index in [0.717, 1.165) is 22.4 Å². The van der Waals surface area contributed by atoms with E-state index in [-0.39, 0.29) is 5.91 Å². The maximum absolute atomic E-state index is 13.0. The summed E-state index contributed by atoms with van der Waals surface area (Å²) >= 11 is 1.56. The van der Waals surface area contributed by atoms with Crippen molar-refractivity contribution in [1.82, 2.24) is 15.5 Å². The summed E-state index contributed by atoms with van der Waals surface area (Å²) in [5.74, 6) is -0.178. The number of ether oxygens (including phenoxy) is 1. The summed E-state index contributed by atoms with van der Waals surface area (Å²) in [7, 11) is 1.65. The molecule has 0 saturated heterocycles. The van der Waals surface area contributed by atoms with Crippen molar-refractivity contribution >= 4 is 28.3 Å². The summed E-state index contributed by atoms with van der Waals surface area (Å²) in [6.07, 6.45) is 0.739. The fraction of sp³-hybridized carbons (Fsp3) is 0.227. The number of thiophene rings is 1. The van der Waals surface area contributed by atoms with Crippen LogP contribution in [0.1, 0.15) is 22.3 Å². The predicted octanol–water partition coefficient (Wildman–Crippen LogP) is 4.69. The minimum atomic E-state index is -0.178. The smallest absolute Gasteiger partial charge is 0.259 e. The lowest BCUT2D eigenvalue weighted by atomic mass is 10.0. The van der Waals surface area contributed by atoms with Gasteiger partial charge in [0.15, 0.2) is 0 Å². The number of rotatable bonds is 7. The Morgan fingerprint density at radius 1 is 1.24 bits per heavy atom. The Bertz CT molecular complexity index is 1120. The Kier molecular flexibility index (Phi) is 5.69. The zero-order valence-electron chi connectivity index (χ0n) is 16.3. The molecular formula is C22H21N3O3S. The highest BCUT2D eigenvalue weighted by molar-refractivity contribution is 7.13. The van der Waals surface area contributed by atoms with Gasteiger partial charge in [-0.25, -0.2) is 4.98 Å². The van der Waals surface area contributed by atoms with Crippen molar-refractivity contribution in [3.05, 3.63) is 59.0 Å². The zero-order chi connectivity index (χ0) is 20.2. The number of aryl methyl sites for hydroxylation is 1. The van der Waals surface area contributed by atoms with Crippen molar-refractivity contribution < 1.29 is 14.1 Å². The number of nitrogens with one attached hydrogen (secondary N) is 1. The van der Waals surface area contributed by atoms with Gasteiger partial charge in [-0.05, 0) is 30.9 Å². The van der Waals surface area contributed by atoms with Crippen molar-refractivity contribution in [2.45, 2.75) is 13.3 Å². The summed E-state index contributed by atoms with van der Waals surface area (Å²) in [6, 6.07) is 13.7. The predicted molar refractivity (Wildman–Crippen MR) is 114 cm³/mol. The molecule has 7 heteroatoms. The average molecular weight is 407 g/mol. The molecule has 0 aliphatic carbocycles. The standard InChI is InChI=1S/C22H21N3O3S/c1-14-6-8-15(9-7-14)20-19-16(21(26)23-10-4-11-27-2)13-17(18-5-3-12-29-18)24-22(19)28-25-20/h3,5-9,12-13H,4,10-11H2,1-2H3,(H,23,26). The fourth-order valence-corrected chi connectivity index (χ4v) is 3.79. The van der Waals surface area contributed by atoms with Crippen molar-refractivity contribution in [2.24, 2.45) is 0 Å². The molecular weight excluding hydrogens is 386 g/mol. The van der Waals surface area contributed by atoms with E-state index >= 15 is 0 Å². The molecule has 0 saturated carbocycles. The minimum absolute atomic E-state index is 0.178. The van der Waals surface area contributed by atoms with Gasteiger partial charge in [0.25, 0.3) is 11.6 Å². The number of hydrogen-bond acceptors (Lipinski definition) is 6. The zero-order valence-corrected chi connectivity index (χ0v) is 17.1. The molecule has 29 heavy (non-hydrogen) atoms. The van der Waals surface area contributed by atoms with Crippen LogP contribution in [0, 0.1) is 6.92 Å². The number of nitrogens with zero attached hydrogens (tertiary/aromatic N) is 2. The quantitative estimate of drug-likeness (QED) is 0.450. The Hall–Kier alpha value is -3.03. The highest BCUT2D eigenvalue weighted by atomic mass is 32.1. The first-order valence-electron chi connectivity index (χ1n) is 9.36. The molecule has 6 nitrogen and oxygen atoms in total. The average Bonchev–Trinajstić information content (AvgIpc) is 3.41. The van der Waals surface area contributed by atoms with Gasteiger partial charge in [0.05, 0.1) is 21.5 Å². The van der Waals surface area contributed by atoms with Crippen LogP contribution in [0.2, 0.25) is 0 Å². The molecule has 4 aromatic rings. The number of methoxy groups -OCH3 is 1. The van der Waals surface area contributed by atoms with Crippen molar-refractivity contribution in [3.8, 4) is 21.8 Å². The van der Waals surface area contributed by atoms with E-state index in [1.165, 1.54) is 0 Å². The molecule has 0 atom stereocenters. The Balaban J connectivity index is 1.81. The van der Waals surface area contributed by atoms with E-state index in [4.69, 9.17) is 9.26 Å². The number of aromatic nitrogens is 2. The summed E-state index contributed by atoms with van der Waals surface area (Å²) in [4.78, 5) is 18.6. The number of benzene rings is 1. The van der Waals surface area contributed by atoms with Gasteiger partial charge in [0, 0.05) is 25.8 Å². The van der Waals surface area contributed by atoms with E-state index in [2.05, 4.69) is 15.5 Å². The molecule has 0 spiro atoms. The first kappa shape index (κ1) is 19.3. The normalized spacial score (nSPS) is 11.1. The second kappa shape index (κ2) is 8.55. The van der Waals surface area contributed by atoms with Gasteiger partial charge in [0.1, 0.15) is 5.69 Å². The van der Waals surface area contributed by atoms with Crippen molar-refractivity contribution in [3.63, 3.8) is 0 Å². The highest BCUT2D eigenvalue weighted by Crippen LogP contribution is 2.33. The van der Waals surface area contributed by atoms with Crippen LogP contribution in [0.4, 0.5) is 0 Å². The number of amides is 1. The van der Waals surface area contributed by atoms with Crippen LogP contribution in [0.5, 0.6) is 0 Å². The summed E-state index contributed by atoms with van der Waals surface area (Å²) < 4.78 is 10.6. The molecule has 1 N–H and O–H groups in total. The lowest BCUT2D eigenvalue weighted by Crippen LogP contribution is -2.25. The summed E-state index contributed by atoms with van der Waals surface area (Å²) in [5.41, 5.74) is 4.21. The van der Waals surface area contributed by atoms with E-state index in [9.17, 15) is 4.79 Å². The van der Waals surface area contributed by atoms with E-state index in [0.29, 0.717) is 41.2 Å². The van der Waals surface area contributed by atoms with Crippen LogP contribution in [-0.4, -0.2) is 36.3 Å². The second-order valence-electron chi connectivity index (χ2n) is 6.71. The monoisotopic (exact) mass is 407 g/mol. The third-order valence-electron chi connectivity index (χ3n) is 4.60. The third kappa shape index (κ3) is 4.06. The van der Waals surface area contributed by atoms with Gasteiger partial charge in [-0.3, -0.25) is 4.79 Å². The van der Waals surface area contributed by atoms with Crippen LogP contribution < -0.4 is 5.32 Å². The number of pyridine rings is 1. The molecule has 0 radical (unpaired) electrons. The molecule has 0 aliphatic heterocycles. The molecule has 3 heterocycles. The molecule has 1 aromatic carbocycles. The van der Waals surface area contributed by atoms with E-state index in [1.54, 1.807) is 18.4 Å². The first-order valence-corrected chi connectivity index (χ1v) is 10.2. The van der Waals surface area contributed by atoms with E-state index < -0.39 is 0 Å². The van der Waals surface area contributed by atoms with Gasteiger partial charge in [-0.15, -0.1) is 11.3 Å². The lowest BCUT2D eigenvalue weighted by molar-refractivity contribution is 0.0950. The van der Waals surface area contributed by atoms with Crippen molar-refractivity contribution in [2.75, 3.05) is 20.3 Å². The Labute approximate surface area is 172 Å². The maximum atomic E-state index is 13.0. The SMILES string of the molecule is COCCCNC(=O)c1cc(-c2cccs2)nc2onc(-c3ccc(C)cc3)c12. The van der Waals surface area contributed by atoms with Crippen LogP contribution in [0.3, 0.4) is 0 Å². The minimum Gasteiger partial charge on any atom is -0.385 e. The number of hydrogen-bond donors (Lipinski definition) is 1. The van der Waals surface area contributed by atoms with E-state index in [1.807, 2.05) is 54.8 Å². The van der Waals surface area contributed by atoms with Crippen LogP contribution >= 0.6 is 11.3 Å². The third-order valence-corrected chi connectivity index (χ3v) is 5.49. The molecule has 4 rings (SSSR count). The molecule has 0 fully saturated rings. The van der Waals surface area contributed by atoms with Gasteiger partial charge < -0.3 is 14.6 Å². The van der Waals surface area contributed by atoms with Crippen LogP contribution in [-0.2, 0) is 4.74 Å². The molecule has 0 unspecified atom stereocenters. The number of fused-ring (bicyclic) bond motifs is 1. The van der Waals surface area contributed by atoms with Crippen LogP contribution in [0.15, 0.2) is 52.4 Å². The largest absolute Gasteiger partial charge is 0.385 e. The highest BCUT2D eigenvalue weighted by Gasteiger charge is 2.22. The number of carbonyl (C=O) groups is 1. The number of carbonyl (C=O) groups excluding carboxylic acids is 1.